The fourth-order valence-corrected chi connectivity index (χ4v) is 3.98. The van der Waals surface area contributed by atoms with Crippen LogP contribution in [0.15, 0.2) is 61.1 Å². The Morgan fingerprint density at radius 3 is 2.50 bits per heavy atom. The molecule has 1 atom stereocenters. The maximum absolute atomic E-state index is 13.3. The van der Waals surface area contributed by atoms with E-state index in [0.717, 1.165) is 0 Å². The van der Waals surface area contributed by atoms with E-state index in [9.17, 15) is 26.4 Å². The molecule has 2 aromatic heterocycles. The van der Waals surface area contributed by atoms with E-state index >= 15 is 0 Å². The van der Waals surface area contributed by atoms with Gasteiger partial charge in [0, 0.05) is 18.0 Å². The van der Waals surface area contributed by atoms with Crippen LogP contribution in [0.4, 0.5) is 30.5 Å². The summed E-state index contributed by atoms with van der Waals surface area (Å²) in [7, 11) is -5.04. The molecule has 0 unspecified atom stereocenters. The zero-order chi connectivity index (χ0) is 27.4. The standard InChI is InChI=1S/C23H20F3N7O4S/c1-12(13-2-5-15(24)6-3-13)37-17-10-14(4-7-16(17)33-38(35,36)23(25)26)20-19(21(27)34)22(32-31-20)30-18-11-28-8-9-29-18/h2-12,23,33H,1H3,(H2,27,34)(H2,29,30,31,32)/t12-/m0/s1. The van der Waals surface area contributed by atoms with Gasteiger partial charge in [-0.05, 0) is 36.8 Å². The molecule has 0 bridgehead atoms. The third-order valence-corrected chi connectivity index (χ3v) is 6.20. The molecular weight excluding hydrogens is 527 g/mol. The molecule has 15 heteroatoms. The molecule has 0 saturated carbocycles. The van der Waals surface area contributed by atoms with Crippen molar-refractivity contribution in [3.63, 3.8) is 0 Å². The molecular formula is C23H20F3N7O4S. The highest BCUT2D eigenvalue weighted by atomic mass is 32.2. The summed E-state index contributed by atoms with van der Waals surface area (Å²) in [5.41, 5.74) is 6.16. The molecule has 4 aromatic rings. The third kappa shape index (κ3) is 5.83. The third-order valence-electron chi connectivity index (χ3n) is 5.22. The number of benzene rings is 2. The van der Waals surface area contributed by atoms with Crippen LogP contribution >= 0.6 is 0 Å². The van der Waals surface area contributed by atoms with Crippen LogP contribution in [-0.4, -0.2) is 40.2 Å². The SMILES string of the molecule is C[C@H](Oc1cc(-c2[nH]nc(Nc3cnccn3)c2C(N)=O)ccc1NS(=O)(=O)C(F)F)c1ccc(F)cc1. The number of halogens is 3. The van der Waals surface area contributed by atoms with Crippen molar-refractivity contribution in [3.05, 3.63) is 78.0 Å². The molecule has 0 aliphatic rings. The number of carbonyl (C=O) groups excluding carboxylic acids is 1. The number of nitrogens with two attached hydrogens (primary N) is 1. The molecule has 11 nitrogen and oxygen atoms in total. The van der Waals surface area contributed by atoms with Gasteiger partial charge in [0.05, 0.1) is 17.6 Å². The minimum Gasteiger partial charge on any atom is -0.484 e. The van der Waals surface area contributed by atoms with Gasteiger partial charge >= 0.3 is 5.76 Å². The molecule has 1 amide bonds. The molecule has 38 heavy (non-hydrogen) atoms. The monoisotopic (exact) mass is 547 g/mol. The normalized spacial score (nSPS) is 12.2. The summed E-state index contributed by atoms with van der Waals surface area (Å²) >= 11 is 0. The lowest BCUT2D eigenvalue weighted by atomic mass is 10.1. The molecule has 4 rings (SSSR count). The summed E-state index contributed by atoms with van der Waals surface area (Å²) < 4.78 is 70.9. The first-order valence-corrected chi connectivity index (χ1v) is 12.4. The number of ether oxygens (including phenoxy) is 1. The van der Waals surface area contributed by atoms with Gasteiger partial charge in [0.25, 0.3) is 15.9 Å². The fraction of sp³-hybridized carbons (Fsp3) is 0.130. The van der Waals surface area contributed by atoms with Crippen molar-refractivity contribution >= 4 is 33.3 Å². The van der Waals surface area contributed by atoms with E-state index in [4.69, 9.17) is 10.5 Å². The molecule has 2 heterocycles. The predicted octanol–water partition coefficient (Wildman–Crippen LogP) is 3.95. The van der Waals surface area contributed by atoms with E-state index in [1.165, 1.54) is 61.1 Å². The molecule has 5 N–H and O–H groups in total. The van der Waals surface area contributed by atoms with Gasteiger partial charge in [-0.25, -0.2) is 17.8 Å². The number of rotatable bonds is 10. The molecule has 0 aliphatic heterocycles. The van der Waals surface area contributed by atoms with Crippen LogP contribution in [0.2, 0.25) is 0 Å². The Morgan fingerprint density at radius 1 is 1.13 bits per heavy atom. The van der Waals surface area contributed by atoms with Crippen LogP contribution in [0, 0.1) is 5.82 Å². The van der Waals surface area contributed by atoms with E-state index in [2.05, 4.69) is 25.5 Å². The second-order valence-electron chi connectivity index (χ2n) is 7.83. The van der Waals surface area contributed by atoms with Gasteiger partial charge in [-0.2, -0.15) is 13.9 Å². The smallest absolute Gasteiger partial charge is 0.355 e. The van der Waals surface area contributed by atoms with Crippen molar-refractivity contribution in [2.24, 2.45) is 5.73 Å². The number of aromatic amines is 1. The van der Waals surface area contributed by atoms with Crippen LogP contribution in [0.5, 0.6) is 5.75 Å². The van der Waals surface area contributed by atoms with Crippen LogP contribution < -0.4 is 20.5 Å². The number of nitrogens with zero attached hydrogens (tertiary/aromatic N) is 3. The summed E-state index contributed by atoms with van der Waals surface area (Å²) in [5, 5.41) is 9.57. The van der Waals surface area contributed by atoms with Gasteiger partial charge in [-0.1, -0.05) is 18.2 Å². The second kappa shape index (κ2) is 10.8. The van der Waals surface area contributed by atoms with Gasteiger partial charge in [0.1, 0.15) is 29.1 Å². The number of sulfonamides is 1. The first-order valence-electron chi connectivity index (χ1n) is 10.8. The first-order chi connectivity index (χ1) is 18.0. The Bertz CT molecular complexity index is 1550. The Labute approximate surface area is 214 Å². The number of aromatic nitrogens is 4. The summed E-state index contributed by atoms with van der Waals surface area (Å²) in [5.74, 6) is -4.87. The molecule has 0 radical (unpaired) electrons. The van der Waals surface area contributed by atoms with E-state index in [1.54, 1.807) is 11.6 Å². The quantitative estimate of drug-likeness (QED) is 0.232. The van der Waals surface area contributed by atoms with Crippen molar-refractivity contribution in [1.29, 1.82) is 0 Å². The van der Waals surface area contributed by atoms with Gasteiger partial charge in [0.2, 0.25) is 0 Å². The van der Waals surface area contributed by atoms with E-state index in [-0.39, 0.29) is 39.9 Å². The zero-order valence-corrected chi connectivity index (χ0v) is 20.3. The van der Waals surface area contributed by atoms with Gasteiger partial charge in [0.15, 0.2) is 5.82 Å². The Morgan fingerprint density at radius 2 is 1.87 bits per heavy atom. The zero-order valence-electron chi connectivity index (χ0n) is 19.5. The Kier molecular flexibility index (Phi) is 7.47. The molecule has 0 fully saturated rings. The number of H-pyrrole nitrogens is 1. The largest absolute Gasteiger partial charge is 0.484 e. The second-order valence-corrected chi connectivity index (χ2v) is 9.48. The van der Waals surface area contributed by atoms with E-state index in [0.29, 0.717) is 5.56 Å². The highest BCUT2D eigenvalue weighted by Crippen LogP contribution is 2.37. The predicted molar refractivity (Wildman–Crippen MR) is 132 cm³/mol. The first kappa shape index (κ1) is 26.4. The van der Waals surface area contributed by atoms with Crippen LogP contribution in [0.3, 0.4) is 0 Å². The lowest BCUT2D eigenvalue weighted by Gasteiger charge is -2.19. The summed E-state index contributed by atoms with van der Waals surface area (Å²) in [6.45, 7) is 1.60. The highest BCUT2D eigenvalue weighted by Gasteiger charge is 2.27. The lowest BCUT2D eigenvalue weighted by Crippen LogP contribution is -2.21. The van der Waals surface area contributed by atoms with Gasteiger partial charge in [-0.15, -0.1) is 0 Å². The number of carbonyl (C=O) groups is 1. The van der Waals surface area contributed by atoms with Crippen LogP contribution in [0.1, 0.15) is 28.9 Å². The van der Waals surface area contributed by atoms with Crippen LogP contribution in [0.25, 0.3) is 11.3 Å². The summed E-state index contributed by atoms with van der Waals surface area (Å²) in [6.07, 6.45) is 3.51. The van der Waals surface area contributed by atoms with Crippen molar-refractivity contribution in [2.75, 3.05) is 10.0 Å². The van der Waals surface area contributed by atoms with Crippen molar-refractivity contribution in [1.82, 2.24) is 20.2 Å². The fourth-order valence-electron chi connectivity index (χ4n) is 3.42. The number of nitrogens with one attached hydrogen (secondary N) is 3. The van der Waals surface area contributed by atoms with E-state index < -0.39 is 33.6 Å². The number of primary amides is 1. The van der Waals surface area contributed by atoms with Gasteiger partial charge in [-0.3, -0.25) is 19.6 Å². The summed E-state index contributed by atoms with van der Waals surface area (Å²) in [6, 6.07) is 9.18. The number of anilines is 3. The minimum atomic E-state index is -5.04. The Balaban J connectivity index is 1.76. The Hall–Kier alpha value is -4.66. The number of hydrogen-bond donors (Lipinski definition) is 4. The molecule has 0 saturated heterocycles. The van der Waals surface area contributed by atoms with Crippen molar-refractivity contribution in [2.45, 2.75) is 18.8 Å². The molecule has 0 aliphatic carbocycles. The minimum absolute atomic E-state index is 0.0395. The molecule has 0 spiro atoms. The number of hydrogen-bond acceptors (Lipinski definition) is 8. The average molecular weight is 548 g/mol. The summed E-state index contributed by atoms with van der Waals surface area (Å²) in [4.78, 5) is 20.3. The number of amides is 1. The number of alkyl halides is 2. The maximum atomic E-state index is 13.3. The van der Waals surface area contributed by atoms with Crippen LogP contribution in [-0.2, 0) is 10.0 Å². The average Bonchev–Trinajstić information content (AvgIpc) is 3.29. The lowest BCUT2D eigenvalue weighted by molar-refractivity contribution is 0.100. The van der Waals surface area contributed by atoms with Crippen molar-refractivity contribution < 1.29 is 31.1 Å². The van der Waals surface area contributed by atoms with Crippen molar-refractivity contribution in [3.8, 4) is 17.0 Å². The highest BCUT2D eigenvalue weighted by molar-refractivity contribution is 7.93. The molecule has 198 valence electrons. The van der Waals surface area contributed by atoms with Gasteiger partial charge < -0.3 is 15.8 Å². The maximum Gasteiger partial charge on any atom is 0.355 e. The molecule has 2 aromatic carbocycles. The topological polar surface area (TPSA) is 165 Å². The van der Waals surface area contributed by atoms with E-state index in [1.807, 2.05) is 0 Å².